The van der Waals surface area contributed by atoms with Crippen LogP contribution >= 0.6 is 0 Å². The molecule has 1 amide bonds. The second-order valence-corrected chi connectivity index (χ2v) is 10.4. The second-order valence-electron chi connectivity index (χ2n) is 8.43. The Kier molecular flexibility index (Phi) is 6.74. The van der Waals surface area contributed by atoms with Gasteiger partial charge in [-0.2, -0.15) is 0 Å². The Bertz CT molecular complexity index is 1330. The quantitative estimate of drug-likeness (QED) is 0.534. The molecule has 34 heavy (non-hydrogen) atoms. The minimum atomic E-state index is -3.30. The van der Waals surface area contributed by atoms with E-state index in [1.807, 2.05) is 19.1 Å². The van der Waals surface area contributed by atoms with Gasteiger partial charge in [-0.1, -0.05) is 17.7 Å². The molecule has 1 atom stereocenters. The van der Waals surface area contributed by atoms with Crippen molar-refractivity contribution in [3.8, 4) is 17.2 Å². The van der Waals surface area contributed by atoms with Crippen molar-refractivity contribution in [1.82, 2.24) is 9.47 Å². The Balaban J connectivity index is 1.32. The summed E-state index contributed by atoms with van der Waals surface area (Å²) < 4.78 is 35.9. The monoisotopic (exact) mass is 482 g/mol. The standard InChI is InChI=1S/C25H26N2O6S/c1-18-3-7-21(8-4-18)33-25(29)26-13-11-19(16-26)17-32-22-12-14-27(24(28)15-22)20-5-9-23(10-6-20)34(2,30)31/h3-10,12,14-15,19H,11,13,16-17H2,1-2H3. The van der Waals surface area contributed by atoms with Gasteiger partial charge in [0.1, 0.15) is 11.5 Å². The fourth-order valence-electron chi connectivity index (χ4n) is 3.74. The predicted molar refractivity (Wildman–Crippen MR) is 128 cm³/mol. The van der Waals surface area contributed by atoms with E-state index < -0.39 is 9.84 Å². The van der Waals surface area contributed by atoms with Gasteiger partial charge in [0.15, 0.2) is 9.84 Å². The number of aryl methyl sites for hydroxylation is 1. The smallest absolute Gasteiger partial charge is 0.415 e. The van der Waals surface area contributed by atoms with Crippen LogP contribution in [0.25, 0.3) is 5.69 Å². The lowest BCUT2D eigenvalue weighted by Gasteiger charge is -2.16. The average Bonchev–Trinajstić information content (AvgIpc) is 3.28. The zero-order valence-electron chi connectivity index (χ0n) is 19.0. The summed E-state index contributed by atoms with van der Waals surface area (Å²) in [4.78, 5) is 26.8. The van der Waals surface area contributed by atoms with Gasteiger partial charge in [-0.15, -0.1) is 0 Å². The molecule has 0 N–H and O–H groups in total. The summed E-state index contributed by atoms with van der Waals surface area (Å²) in [6.07, 6.45) is 3.13. The first kappa shape index (κ1) is 23.6. The molecule has 8 nitrogen and oxygen atoms in total. The first-order chi connectivity index (χ1) is 16.2. The van der Waals surface area contributed by atoms with E-state index in [-0.39, 0.29) is 22.5 Å². The summed E-state index contributed by atoms with van der Waals surface area (Å²) in [6.45, 7) is 3.45. The molecule has 0 aliphatic carbocycles. The molecule has 2 aromatic carbocycles. The zero-order chi connectivity index (χ0) is 24.3. The molecule has 1 aliphatic heterocycles. The molecule has 1 saturated heterocycles. The molecule has 0 radical (unpaired) electrons. The number of hydrogen-bond donors (Lipinski definition) is 0. The van der Waals surface area contributed by atoms with Gasteiger partial charge in [-0.3, -0.25) is 9.36 Å². The minimum Gasteiger partial charge on any atom is -0.493 e. The minimum absolute atomic E-state index is 0.136. The maximum Gasteiger partial charge on any atom is 0.415 e. The van der Waals surface area contributed by atoms with Crippen LogP contribution in [0.4, 0.5) is 4.79 Å². The molecule has 4 rings (SSSR count). The van der Waals surface area contributed by atoms with Crippen LogP contribution in [0.3, 0.4) is 0 Å². The highest BCUT2D eigenvalue weighted by molar-refractivity contribution is 7.90. The van der Waals surface area contributed by atoms with Crippen molar-refractivity contribution < 1.29 is 22.7 Å². The number of carbonyl (C=O) groups excluding carboxylic acids is 1. The number of amides is 1. The molecule has 0 bridgehead atoms. The molecule has 1 fully saturated rings. The van der Waals surface area contributed by atoms with E-state index in [4.69, 9.17) is 9.47 Å². The van der Waals surface area contributed by atoms with Gasteiger partial charge in [0, 0.05) is 43.2 Å². The van der Waals surface area contributed by atoms with E-state index in [0.717, 1.165) is 18.2 Å². The zero-order valence-corrected chi connectivity index (χ0v) is 19.8. The predicted octanol–water partition coefficient (Wildman–Crippen LogP) is 3.45. The Hall–Kier alpha value is -3.59. The normalized spacial score (nSPS) is 15.8. The van der Waals surface area contributed by atoms with Crippen molar-refractivity contribution in [2.24, 2.45) is 5.92 Å². The molecular weight excluding hydrogens is 456 g/mol. The number of sulfone groups is 1. The third kappa shape index (κ3) is 5.66. The SMILES string of the molecule is Cc1ccc(OC(=O)N2CCC(COc3ccn(-c4ccc(S(C)(=O)=O)cc4)c(=O)c3)C2)cc1. The molecule has 178 valence electrons. The van der Waals surface area contributed by atoms with Crippen molar-refractivity contribution in [1.29, 1.82) is 0 Å². The van der Waals surface area contributed by atoms with E-state index in [9.17, 15) is 18.0 Å². The lowest BCUT2D eigenvalue weighted by Crippen LogP contribution is -2.32. The van der Waals surface area contributed by atoms with Crippen LogP contribution in [0.5, 0.6) is 11.5 Å². The van der Waals surface area contributed by atoms with Crippen LogP contribution < -0.4 is 15.0 Å². The number of rotatable bonds is 6. The highest BCUT2D eigenvalue weighted by atomic mass is 32.2. The van der Waals surface area contributed by atoms with Crippen molar-refractivity contribution in [2.45, 2.75) is 18.2 Å². The number of benzene rings is 2. The first-order valence-corrected chi connectivity index (χ1v) is 12.8. The van der Waals surface area contributed by atoms with Gasteiger partial charge in [-0.25, -0.2) is 13.2 Å². The van der Waals surface area contributed by atoms with Crippen LogP contribution in [-0.4, -0.2) is 49.9 Å². The highest BCUT2D eigenvalue weighted by Crippen LogP contribution is 2.21. The molecule has 0 spiro atoms. The Morgan fingerprint density at radius 2 is 1.74 bits per heavy atom. The van der Waals surface area contributed by atoms with Crippen LogP contribution in [-0.2, 0) is 9.84 Å². The van der Waals surface area contributed by atoms with Gasteiger partial charge in [-0.05, 0) is 55.8 Å². The van der Waals surface area contributed by atoms with Crippen molar-refractivity contribution in [2.75, 3.05) is 26.0 Å². The molecule has 9 heteroatoms. The molecule has 1 unspecified atom stereocenters. The fourth-order valence-corrected chi connectivity index (χ4v) is 4.37. The Morgan fingerprint density at radius 1 is 1.03 bits per heavy atom. The van der Waals surface area contributed by atoms with Gasteiger partial charge < -0.3 is 14.4 Å². The molecule has 0 saturated carbocycles. The van der Waals surface area contributed by atoms with Crippen molar-refractivity contribution in [3.05, 3.63) is 82.8 Å². The van der Waals surface area contributed by atoms with Gasteiger partial charge >= 0.3 is 6.09 Å². The summed E-state index contributed by atoms with van der Waals surface area (Å²) in [6, 6.07) is 16.5. The van der Waals surface area contributed by atoms with Crippen LogP contribution in [0.1, 0.15) is 12.0 Å². The van der Waals surface area contributed by atoms with E-state index >= 15 is 0 Å². The number of nitrogens with zero attached hydrogens (tertiary/aromatic N) is 2. The lowest BCUT2D eigenvalue weighted by atomic mass is 10.1. The maximum absolute atomic E-state index is 12.5. The molecular formula is C25H26N2O6S. The topological polar surface area (TPSA) is 94.9 Å². The molecule has 3 aromatic rings. The molecule has 1 aromatic heterocycles. The van der Waals surface area contributed by atoms with Gasteiger partial charge in [0.25, 0.3) is 5.56 Å². The van der Waals surface area contributed by atoms with E-state index in [2.05, 4.69) is 0 Å². The van der Waals surface area contributed by atoms with Crippen molar-refractivity contribution >= 4 is 15.9 Å². The Morgan fingerprint density at radius 3 is 2.38 bits per heavy atom. The van der Waals surface area contributed by atoms with Crippen molar-refractivity contribution in [3.63, 3.8) is 0 Å². The number of hydrogen-bond acceptors (Lipinski definition) is 6. The summed E-state index contributed by atoms with van der Waals surface area (Å²) >= 11 is 0. The Labute approximate surface area is 198 Å². The summed E-state index contributed by atoms with van der Waals surface area (Å²) in [5, 5.41) is 0. The van der Waals surface area contributed by atoms with Gasteiger partial charge in [0.05, 0.1) is 11.5 Å². The summed E-state index contributed by atoms with van der Waals surface area (Å²) in [5.41, 5.74) is 1.36. The van der Waals surface area contributed by atoms with Crippen LogP contribution in [0.15, 0.2) is 76.6 Å². The van der Waals surface area contributed by atoms with E-state index in [1.165, 1.54) is 22.8 Å². The van der Waals surface area contributed by atoms with Gasteiger partial charge in [0.2, 0.25) is 0 Å². The van der Waals surface area contributed by atoms with E-state index in [1.54, 1.807) is 41.4 Å². The summed E-state index contributed by atoms with van der Waals surface area (Å²) in [7, 11) is -3.30. The fraction of sp³-hybridized carbons (Fsp3) is 0.280. The largest absolute Gasteiger partial charge is 0.493 e. The number of likely N-dealkylation sites (tertiary alicyclic amines) is 1. The molecule has 2 heterocycles. The third-order valence-corrected chi connectivity index (χ3v) is 6.82. The maximum atomic E-state index is 12.5. The van der Waals surface area contributed by atoms with Crippen LogP contribution in [0.2, 0.25) is 0 Å². The number of ether oxygens (including phenoxy) is 2. The second kappa shape index (κ2) is 9.72. The summed E-state index contributed by atoms with van der Waals surface area (Å²) in [5.74, 6) is 1.09. The molecule has 1 aliphatic rings. The number of carbonyl (C=O) groups is 1. The third-order valence-electron chi connectivity index (χ3n) is 5.69. The first-order valence-electron chi connectivity index (χ1n) is 10.9. The lowest BCUT2D eigenvalue weighted by molar-refractivity contribution is 0.158. The van der Waals surface area contributed by atoms with Crippen LogP contribution in [0, 0.1) is 12.8 Å². The highest BCUT2D eigenvalue weighted by Gasteiger charge is 2.28. The average molecular weight is 483 g/mol. The van der Waals surface area contributed by atoms with E-state index in [0.29, 0.717) is 36.9 Å². The number of aromatic nitrogens is 1. The number of pyridine rings is 1.